The lowest BCUT2D eigenvalue weighted by atomic mass is 10.1. The Kier molecular flexibility index (Phi) is 5.02. The van der Waals surface area contributed by atoms with Crippen molar-refractivity contribution in [2.75, 3.05) is 11.9 Å². The number of aliphatic hydroxyl groups is 1. The molecular formula is C18H18ClFN2O2. The zero-order chi connectivity index (χ0) is 17.1. The van der Waals surface area contributed by atoms with Gasteiger partial charge in [-0.2, -0.15) is 0 Å². The minimum absolute atomic E-state index is 0.114. The van der Waals surface area contributed by atoms with Crippen molar-refractivity contribution in [2.24, 2.45) is 0 Å². The number of halogens is 2. The molecule has 3 rings (SSSR count). The second kappa shape index (κ2) is 7.20. The van der Waals surface area contributed by atoms with Crippen molar-refractivity contribution < 1.29 is 14.3 Å². The number of amides is 2. The minimum atomic E-state index is -0.763. The van der Waals surface area contributed by atoms with Gasteiger partial charge in [0, 0.05) is 6.04 Å². The Hall–Kier alpha value is -2.11. The summed E-state index contributed by atoms with van der Waals surface area (Å²) < 4.78 is 13.1. The lowest BCUT2D eigenvalue weighted by Crippen LogP contribution is -2.39. The number of rotatable bonds is 5. The van der Waals surface area contributed by atoms with Crippen molar-refractivity contribution in [1.29, 1.82) is 0 Å². The number of benzene rings is 2. The minimum Gasteiger partial charge on any atom is -0.387 e. The maximum Gasteiger partial charge on any atom is 0.322 e. The van der Waals surface area contributed by atoms with Crippen molar-refractivity contribution in [2.45, 2.75) is 25.0 Å². The van der Waals surface area contributed by atoms with Gasteiger partial charge in [0.05, 0.1) is 23.4 Å². The number of aliphatic hydroxyl groups excluding tert-OH is 1. The van der Waals surface area contributed by atoms with Gasteiger partial charge in [-0.1, -0.05) is 41.9 Å². The standard InChI is InChI=1S/C18H18ClFN2O2/c19-15-10-13(20)6-9-16(15)21-18(24)22(14-7-8-14)11-17(23)12-4-2-1-3-5-12/h1-6,9-10,14,17,23H,7-8,11H2,(H,21,24). The van der Waals surface area contributed by atoms with Crippen LogP contribution in [0.15, 0.2) is 48.5 Å². The molecule has 6 heteroatoms. The number of urea groups is 1. The molecule has 1 fully saturated rings. The fourth-order valence-electron chi connectivity index (χ4n) is 2.53. The number of nitrogens with one attached hydrogen (secondary N) is 1. The quantitative estimate of drug-likeness (QED) is 0.850. The van der Waals surface area contributed by atoms with E-state index in [4.69, 9.17) is 11.6 Å². The maximum atomic E-state index is 13.1. The van der Waals surface area contributed by atoms with E-state index in [-0.39, 0.29) is 23.6 Å². The fourth-order valence-corrected chi connectivity index (χ4v) is 2.74. The summed E-state index contributed by atoms with van der Waals surface area (Å²) in [5, 5.41) is 13.2. The molecule has 24 heavy (non-hydrogen) atoms. The molecule has 2 aromatic rings. The lowest BCUT2D eigenvalue weighted by Gasteiger charge is -2.26. The van der Waals surface area contributed by atoms with Gasteiger partial charge >= 0.3 is 6.03 Å². The van der Waals surface area contributed by atoms with E-state index < -0.39 is 11.9 Å². The van der Waals surface area contributed by atoms with E-state index in [9.17, 15) is 14.3 Å². The zero-order valence-corrected chi connectivity index (χ0v) is 13.7. The molecule has 0 aliphatic heterocycles. The molecule has 1 unspecified atom stereocenters. The maximum absolute atomic E-state index is 13.1. The van der Waals surface area contributed by atoms with Crippen LogP contribution in [0.1, 0.15) is 24.5 Å². The van der Waals surface area contributed by atoms with E-state index in [1.165, 1.54) is 12.1 Å². The van der Waals surface area contributed by atoms with Crippen LogP contribution in [-0.2, 0) is 0 Å². The molecule has 0 bridgehead atoms. The van der Waals surface area contributed by atoms with Crippen LogP contribution < -0.4 is 5.32 Å². The van der Waals surface area contributed by atoms with E-state index in [0.29, 0.717) is 5.69 Å². The van der Waals surface area contributed by atoms with Gasteiger partial charge in [-0.25, -0.2) is 9.18 Å². The fraction of sp³-hybridized carbons (Fsp3) is 0.278. The first kappa shape index (κ1) is 16.7. The summed E-state index contributed by atoms with van der Waals surface area (Å²) in [6.45, 7) is 0.194. The first-order valence-corrected chi connectivity index (χ1v) is 8.18. The van der Waals surface area contributed by atoms with Crippen LogP contribution in [-0.4, -0.2) is 28.6 Å². The smallest absolute Gasteiger partial charge is 0.322 e. The van der Waals surface area contributed by atoms with E-state index in [1.54, 1.807) is 4.90 Å². The van der Waals surface area contributed by atoms with Gasteiger partial charge in [-0.15, -0.1) is 0 Å². The van der Waals surface area contributed by atoms with Crippen LogP contribution in [0.3, 0.4) is 0 Å². The van der Waals surface area contributed by atoms with Gasteiger partial charge < -0.3 is 15.3 Å². The molecular weight excluding hydrogens is 331 g/mol. The number of nitrogens with zero attached hydrogens (tertiary/aromatic N) is 1. The number of hydrogen-bond donors (Lipinski definition) is 2. The van der Waals surface area contributed by atoms with Crippen molar-refractivity contribution >= 4 is 23.3 Å². The van der Waals surface area contributed by atoms with Gasteiger partial charge in [0.15, 0.2) is 0 Å². The highest BCUT2D eigenvalue weighted by molar-refractivity contribution is 6.33. The molecule has 4 nitrogen and oxygen atoms in total. The number of anilines is 1. The third-order valence-corrected chi connectivity index (χ3v) is 4.29. The summed E-state index contributed by atoms with van der Waals surface area (Å²) in [5.74, 6) is -0.462. The number of carbonyl (C=O) groups is 1. The molecule has 1 atom stereocenters. The average Bonchev–Trinajstić information content (AvgIpc) is 3.40. The molecule has 0 aromatic heterocycles. The molecule has 0 heterocycles. The lowest BCUT2D eigenvalue weighted by molar-refractivity contribution is 0.123. The Morgan fingerprint density at radius 1 is 1.29 bits per heavy atom. The first-order chi connectivity index (χ1) is 11.5. The zero-order valence-electron chi connectivity index (χ0n) is 13.0. The van der Waals surface area contributed by atoms with Gasteiger partial charge in [0.2, 0.25) is 0 Å². The van der Waals surface area contributed by atoms with E-state index in [1.807, 2.05) is 30.3 Å². The van der Waals surface area contributed by atoms with E-state index in [2.05, 4.69) is 5.32 Å². The highest BCUT2D eigenvalue weighted by Gasteiger charge is 2.34. The second-order valence-electron chi connectivity index (χ2n) is 5.86. The molecule has 0 radical (unpaired) electrons. The SMILES string of the molecule is O=C(Nc1ccc(F)cc1Cl)N(CC(O)c1ccccc1)C1CC1. The summed E-state index contributed by atoms with van der Waals surface area (Å²) >= 11 is 5.95. The van der Waals surface area contributed by atoms with Crippen LogP contribution in [0.5, 0.6) is 0 Å². The van der Waals surface area contributed by atoms with E-state index >= 15 is 0 Å². The predicted octanol–water partition coefficient (Wildman–Crippen LogP) is 4.21. The first-order valence-electron chi connectivity index (χ1n) is 7.80. The highest BCUT2D eigenvalue weighted by atomic mass is 35.5. The Bertz CT molecular complexity index is 722. The van der Waals surface area contributed by atoms with Crippen molar-refractivity contribution in [3.8, 4) is 0 Å². The largest absolute Gasteiger partial charge is 0.387 e. The van der Waals surface area contributed by atoms with Crippen LogP contribution >= 0.6 is 11.6 Å². The molecule has 0 spiro atoms. The Labute approximate surface area is 144 Å². The summed E-state index contributed by atoms with van der Waals surface area (Å²) in [6, 6.07) is 12.8. The molecule has 2 amide bonds. The van der Waals surface area contributed by atoms with Crippen molar-refractivity contribution in [1.82, 2.24) is 4.90 Å². The number of hydrogen-bond acceptors (Lipinski definition) is 2. The van der Waals surface area contributed by atoms with Gasteiger partial charge in [0.1, 0.15) is 5.82 Å². The van der Waals surface area contributed by atoms with Crippen molar-refractivity contribution in [3.05, 3.63) is 64.9 Å². The summed E-state index contributed by atoms with van der Waals surface area (Å²) in [6.07, 6.45) is 1.05. The van der Waals surface area contributed by atoms with Crippen LogP contribution in [0.25, 0.3) is 0 Å². The summed E-state index contributed by atoms with van der Waals surface area (Å²) in [4.78, 5) is 14.2. The molecule has 0 saturated heterocycles. The van der Waals surface area contributed by atoms with Crippen molar-refractivity contribution in [3.63, 3.8) is 0 Å². The average molecular weight is 349 g/mol. The van der Waals surface area contributed by atoms with Gasteiger partial charge in [0.25, 0.3) is 0 Å². The third kappa shape index (κ3) is 4.04. The van der Waals surface area contributed by atoms with Crippen LogP contribution in [0.2, 0.25) is 5.02 Å². The summed E-state index contributed by atoms with van der Waals surface area (Å²) in [5.41, 5.74) is 1.11. The van der Waals surface area contributed by atoms with Crippen LogP contribution in [0, 0.1) is 5.82 Å². The molecule has 1 saturated carbocycles. The molecule has 1 aliphatic rings. The monoisotopic (exact) mass is 348 g/mol. The Morgan fingerprint density at radius 2 is 2.00 bits per heavy atom. The normalized spacial score (nSPS) is 15.0. The highest BCUT2D eigenvalue weighted by Crippen LogP contribution is 2.30. The third-order valence-electron chi connectivity index (χ3n) is 3.98. The van der Waals surface area contributed by atoms with Crippen LogP contribution in [0.4, 0.5) is 14.9 Å². The number of carbonyl (C=O) groups excluding carboxylic acids is 1. The van der Waals surface area contributed by atoms with Gasteiger partial charge in [-0.05, 0) is 36.6 Å². The molecule has 1 aliphatic carbocycles. The second-order valence-corrected chi connectivity index (χ2v) is 6.27. The van der Waals surface area contributed by atoms with Gasteiger partial charge in [-0.3, -0.25) is 0 Å². The Balaban J connectivity index is 1.70. The summed E-state index contributed by atoms with van der Waals surface area (Å²) in [7, 11) is 0. The topological polar surface area (TPSA) is 52.6 Å². The predicted molar refractivity (Wildman–Crippen MR) is 91.6 cm³/mol. The van der Waals surface area contributed by atoms with E-state index in [0.717, 1.165) is 24.5 Å². The Morgan fingerprint density at radius 3 is 2.62 bits per heavy atom. The molecule has 126 valence electrons. The molecule has 2 N–H and O–H groups in total. The molecule has 2 aromatic carbocycles.